The van der Waals surface area contributed by atoms with Gasteiger partial charge in [-0.05, 0) is 30.5 Å². The second-order valence-electron chi connectivity index (χ2n) is 5.71. The Morgan fingerprint density at radius 2 is 2.17 bits per heavy atom. The Morgan fingerprint density at radius 3 is 2.83 bits per heavy atom. The number of ether oxygens (including phenoxy) is 1. The van der Waals surface area contributed by atoms with Crippen molar-refractivity contribution in [2.24, 2.45) is 11.7 Å². The van der Waals surface area contributed by atoms with Crippen molar-refractivity contribution in [3.8, 4) is 11.6 Å². The van der Waals surface area contributed by atoms with E-state index in [1.807, 2.05) is 0 Å². The molecular formula is C17H22N4O2. The van der Waals surface area contributed by atoms with Gasteiger partial charge in [-0.1, -0.05) is 19.9 Å². The number of benzene rings is 1. The minimum absolute atomic E-state index is 0.0351. The summed E-state index contributed by atoms with van der Waals surface area (Å²) < 4.78 is 5.59. The molecule has 122 valence electrons. The first kappa shape index (κ1) is 16.9. The number of aromatic nitrogens is 2. The molecule has 0 saturated carbocycles. The molecule has 0 spiro atoms. The predicted molar refractivity (Wildman–Crippen MR) is 88.3 cm³/mol. The monoisotopic (exact) mass is 314 g/mol. The van der Waals surface area contributed by atoms with Crippen LogP contribution in [0, 0.1) is 5.92 Å². The first-order valence-electron chi connectivity index (χ1n) is 7.63. The Balaban J connectivity index is 2.05. The number of hydrogen-bond acceptors (Lipinski definition) is 5. The summed E-state index contributed by atoms with van der Waals surface area (Å²) in [5.41, 5.74) is 6.25. The van der Waals surface area contributed by atoms with Gasteiger partial charge in [-0.2, -0.15) is 0 Å². The lowest BCUT2D eigenvalue weighted by Crippen LogP contribution is -2.41. The van der Waals surface area contributed by atoms with E-state index in [0.717, 1.165) is 6.42 Å². The summed E-state index contributed by atoms with van der Waals surface area (Å²) in [7, 11) is 0. The molecule has 1 amide bonds. The molecule has 0 fully saturated rings. The summed E-state index contributed by atoms with van der Waals surface area (Å²) >= 11 is 0. The van der Waals surface area contributed by atoms with Crippen molar-refractivity contribution in [1.29, 1.82) is 0 Å². The number of nitrogens with two attached hydrogens (primary N) is 1. The van der Waals surface area contributed by atoms with Crippen LogP contribution in [-0.4, -0.2) is 28.5 Å². The van der Waals surface area contributed by atoms with Crippen LogP contribution >= 0.6 is 0 Å². The van der Waals surface area contributed by atoms with Crippen LogP contribution in [0.15, 0.2) is 42.9 Å². The second kappa shape index (κ2) is 8.24. The lowest BCUT2D eigenvalue weighted by atomic mass is 10.0. The van der Waals surface area contributed by atoms with E-state index < -0.39 is 0 Å². The van der Waals surface area contributed by atoms with Gasteiger partial charge in [0.15, 0.2) is 0 Å². The Labute approximate surface area is 136 Å². The SMILES string of the molecule is CC(C)CC(CN)NC(=O)c1cccc(Oc2cnccn2)c1. The second-order valence-corrected chi connectivity index (χ2v) is 5.71. The normalized spacial score (nSPS) is 12.0. The van der Waals surface area contributed by atoms with Crippen LogP contribution in [-0.2, 0) is 0 Å². The number of nitrogens with one attached hydrogen (secondary N) is 1. The zero-order chi connectivity index (χ0) is 16.7. The summed E-state index contributed by atoms with van der Waals surface area (Å²) in [4.78, 5) is 20.3. The molecule has 23 heavy (non-hydrogen) atoms. The van der Waals surface area contributed by atoms with Crippen molar-refractivity contribution in [2.75, 3.05) is 6.54 Å². The number of amides is 1. The van der Waals surface area contributed by atoms with Gasteiger partial charge in [0.2, 0.25) is 5.88 Å². The summed E-state index contributed by atoms with van der Waals surface area (Å²) in [5.74, 6) is 1.22. The standard InChI is InChI=1S/C17H22N4O2/c1-12(2)8-14(10-18)21-17(22)13-4-3-5-15(9-13)23-16-11-19-6-7-20-16/h3-7,9,11-12,14H,8,10,18H2,1-2H3,(H,21,22). The van der Waals surface area contributed by atoms with E-state index in [9.17, 15) is 4.79 Å². The molecule has 3 N–H and O–H groups in total. The summed E-state index contributed by atoms with van der Waals surface area (Å²) in [5, 5.41) is 2.96. The fourth-order valence-corrected chi connectivity index (χ4v) is 2.21. The highest BCUT2D eigenvalue weighted by atomic mass is 16.5. The molecule has 2 aromatic rings. The smallest absolute Gasteiger partial charge is 0.251 e. The van der Waals surface area contributed by atoms with E-state index in [4.69, 9.17) is 10.5 Å². The molecule has 0 aliphatic rings. The Kier molecular flexibility index (Phi) is 6.05. The van der Waals surface area contributed by atoms with Crippen molar-refractivity contribution in [2.45, 2.75) is 26.3 Å². The molecule has 0 radical (unpaired) electrons. The molecule has 1 aromatic heterocycles. The molecule has 0 bridgehead atoms. The Hall–Kier alpha value is -2.47. The van der Waals surface area contributed by atoms with Crippen molar-refractivity contribution in [1.82, 2.24) is 15.3 Å². The van der Waals surface area contributed by atoms with Gasteiger partial charge in [-0.3, -0.25) is 9.78 Å². The minimum Gasteiger partial charge on any atom is -0.437 e. The van der Waals surface area contributed by atoms with Crippen LogP contribution in [0.1, 0.15) is 30.6 Å². The van der Waals surface area contributed by atoms with Crippen LogP contribution < -0.4 is 15.8 Å². The molecule has 2 rings (SSSR count). The maximum absolute atomic E-state index is 12.3. The first-order valence-corrected chi connectivity index (χ1v) is 7.63. The van der Waals surface area contributed by atoms with Gasteiger partial charge < -0.3 is 15.8 Å². The van der Waals surface area contributed by atoms with E-state index in [0.29, 0.717) is 29.7 Å². The van der Waals surface area contributed by atoms with Crippen molar-refractivity contribution in [3.05, 3.63) is 48.4 Å². The molecule has 0 aliphatic carbocycles. The quantitative estimate of drug-likeness (QED) is 0.819. The van der Waals surface area contributed by atoms with Gasteiger partial charge in [-0.25, -0.2) is 4.98 Å². The molecule has 1 heterocycles. The van der Waals surface area contributed by atoms with Crippen LogP contribution in [0.3, 0.4) is 0 Å². The van der Waals surface area contributed by atoms with Gasteiger partial charge in [0.05, 0.1) is 6.20 Å². The van der Waals surface area contributed by atoms with Crippen LogP contribution in [0.5, 0.6) is 11.6 Å². The molecule has 6 nitrogen and oxygen atoms in total. The number of carbonyl (C=O) groups excluding carboxylic acids is 1. The lowest BCUT2D eigenvalue weighted by molar-refractivity contribution is 0.0933. The van der Waals surface area contributed by atoms with Gasteiger partial charge in [0.1, 0.15) is 5.75 Å². The topological polar surface area (TPSA) is 90.1 Å². The van der Waals surface area contributed by atoms with E-state index in [1.165, 1.54) is 6.20 Å². The van der Waals surface area contributed by atoms with Crippen molar-refractivity contribution < 1.29 is 9.53 Å². The third kappa shape index (κ3) is 5.34. The van der Waals surface area contributed by atoms with Gasteiger partial charge in [0, 0.05) is 30.5 Å². The summed E-state index contributed by atoms with van der Waals surface area (Å²) in [6.07, 6.45) is 5.47. The number of rotatable bonds is 7. The largest absolute Gasteiger partial charge is 0.437 e. The average molecular weight is 314 g/mol. The lowest BCUT2D eigenvalue weighted by Gasteiger charge is -2.19. The first-order chi connectivity index (χ1) is 11.1. The zero-order valence-corrected chi connectivity index (χ0v) is 13.4. The highest BCUT2D eigenvalue weighted by Crippen LogP contribution is 2.19. The van der Waals surface area contributed by atoms with Crippen LogP contribution in [0.4, 0.5) is 0 Å². The molecule has 0 aliphatic heterocycles. The molecular weight excluding hydrogens is 292 g/mol. The maximum Gasteiger partial charge on any atom is 0.251 e. The van der Waals surface area contributed by atoms with E-state index in [2.05, 4.69) is 29.1 Å². The maximum atomic E-state index is 12.3. The van der Waals surface area contributed by atoms with E-state index in [-0.39, 0.29) is 11.9 Å². The third-order valence-electron chi connectivity index (χ3n) is 3.23. The number of nitrogens with zero attached hydrogens (tertiary/aromatic N) is 2. The van der Waals surface area contributed by atoms with Gasteiger partial charge >= 0.3 is 0 Å². The summed E-state index contributed by atoms with van der Waals surface area (Å²) in [6, 6.07) is 6.90. The summed E-state index contributed by atoms with van der Waals surface area (Å²) in [6.45, 7) is 4.62. The molecule has 0 saturated heterocycles. The van der Waals surface area contributed by atoms with E-state index >= 15 is 0 Å². The molecule has 6 heteroatoms. The van der Waals surface area contributed by atoms with Gasteiger partial charge in [0.25, 0.3) is 5.91 Å². The average Bonchev–Trinajstić information content (AvgIpc) is 2.55. The van der Waals surface area contributed by atoms with E-state index in [1.54, 1.807) is 36.7 Å². The number of carbonyl (C=O) groups is 1. The van der Waals surface area contributed by atoms with Crippen molar-refractivity contribution >= 4 is 5.91 Å². The highest BCUT2D eigenvalue weighted by molar-refractivity contribution is 5.94. The van der Waals surface area contributed by atoms with Crippen molar-refractivity contribution in [3.63, 3.8) is 0 Å². The van der Waals surface area contributed by atoms with Crippen LogP contribution in [0.25, 0.3) is 0 Å². The third-order valence-corrected chi connectivity index (χ3v) is 3.23. The van der Waals surface area contributed by atoms with Gasteiger partial charge in [-0.15, -0.1) is 0 Å². The Bertz CT molecular complexity index is 632. The predicted octanol–water partition coefficient (Wildman–Crippen LogP) is 2.37. The van der Waals surface area contributed by atoms with Crippen LogP contribution in [0.2, 0.25) is 0 Å². The molecule has 1 aromatic carbocycles. The number of hydrogen-bond donors (Lipinski definition) is 2. The fraction of sp³-hybridized carbons (Fsp3) is 0.353. The molecule has 1 atom stereocenters. The fourth-order valence-electron chi connectivity index (χ4n) is 2.21. The highest BCUT2D eigenvalue weighted by Gasteiger charge is 2.14. The molecule has 1 unspecified atom stereocenters. The minimum atomic E-state index is -0.161. The Morgan fingerprint density at radius 1 is 1.35 bits per heavy atom. The zero-order valence-electron chi connectivity index (χ0n) is 13.4.